The van der Waals surface area contributed by atoms with Crippen LogP contribution < -0.4 is 4.74 Å². The second-order valence-electron chi connectivity index (χ2n) is 5.93. The first-order valence-corrected chi connectivity index (χ1v) is 9.36. The Balaban J connectivity index is 1.68. The average molecular weight is 409 g/mol. The minimum absolute atomic E-state index is 0.179. The normalized spacial score (nSPS) is 11.6. The summed E-state index contributed by atoms with van der Waals surface area (Å²) in [6.07, 6.45) is -0.985. The molecule has 0 N–H and O–H groups in total. The first-order chi connectivity index (χ1) is 13.4. The molecule has 0 amide bonds. The van der Waals surface area contributed by atoms with E-state index in [-0.39, 0.29) is 5.75 Å². The van der Waals surface area contributed by atoms with Gasteiger partial charge in [0.25, 0.3) is 0 Å². The number of thioether (sulfide) groups is 1. The number of alkyl halides is 3. The SMILES string of the molecule is C=CCn1c(SCc2ccc(OCC(F)(F)F)cc2)nnc1-c1ccoc1C. The predicted octanol–water partition coefficient (Wildman–Crippen LogP) is 5.27. The summed E-state index contributed by atoms with van der Waals surface area (Å²) in [5.74, 6) is 2.21. The van der Waals surface area contributed by atoms with Crippen molar-refractivity contribution in [1.82, 2.24) is 14.8 Å². The summed E-state index contributed by atoms with van der Waals surface area (Å²) in [4.78, 5) is 0. The van der Waals surface area contributed by atoms with Gasteiger partial charge in [-0.05, 0) is 30.7 Å². The molecule has 0 bridgehead atoms. The standard InChI is InChI=1S/C19H18F3N3O2S/c1-3-9-25-17(16-8-10-26-13(16)2)23-24-18(25)28-11-14-4-6-15(7-5-14)27-12-19(20,21)22/h3-8,10H,1,9,11-12H2,2H3. The maximum Gasteiger partial charge on any atom is 0.422 e. The number of allylic oxidation sites excluding steroid dienone is 1. The van der Waals surface area contributed by atoms with Gasteiger partial charge in [-0.3, -0.25) is 4.57 Å². The number of nitrogens with zero attached hydrogens (tertiary/aromatic N) is 3. The van der Waals surface area contributed by atoms with Gasteiger partial charge < -0.3 is 9.15 Å². The summed E-state index contributed by atoms with van der Waals surface area (Å²) >= 11 is 1.48. The minimum atomic E-state index is -4.35. The molecule has 2 aromatic heterocycles. The topological polar surface area (TPSA) is 53.1 Å². The average Bonchev–Trinajstić information content (AvgIpc) is 3.24. The van der Waals surface area contributed by atoms with E-state index in [0.717, 1.165) is 16.9 Å². The zero-order valence-corrected chi connectivity index (χ0v) is 15.9. The number of ether oxygens (including phenoxy) is 1. The van der Waals surface area contributed by atoms with Gasteiger partial charge in [-0.2, -0.15) is 13.2 Å². The van der Waals surface area contributed by atoms with Gasteiger partial charge >= 0.3 is 6.18 Å². The Morgan fingerprint density at radius 2 is 1.96 bits per heavy atom. The molecule has 0 unspecified atom stereocenters. The molecule has 0 aliphatic rings. The van der Waals surface area contributed by atoms with Gasteiger partial charge in [-0.25, -0.2) is 0 Å². The lowest BCUT2D eigenvalue weighted by Crippen LogP contribution is -2.19. The predicted molar refractivity (Wildman–Crippen MR) is 100 cm³/mol. The maximum absolute atomic E-state index is 12.2. The van der Waals surface area contributed by atoms with Crippen molar-refractivity contribution in [3.05, 3.63) is 60.6 Å². The van der Waals surface area contributed by atoms with Crippen LogP contribution in [0.2, 0.25) is 0 Å². The highest BCUT2D eigenvalue weighted by atomic mass is 32.2. The van der Waals surface area contributed by atoms with Crippen molar-refractivity contribution in [1.29, 1.82) is 0 Å². The fourth-order valence-electron chi connectivity index (χ4n) is 2.50. The fraction of sp³-hybridized carbons (Fsp3) is 0.263. The summed E-state index contributed by atoms with van der Waals surface area (Å²) in [6, 6.07) is 8.35. The third-order valence-corrected chi connectivity index (χ3v) is 4.86. The Labute approximate surface area is 164 Å². The lowest BCUT2D eigenvalue weighted by Gasteiger charge is -2.10. The number of halogens is 3. The number of hydrogen-bond donors (Lipinski definition) is 0. The molecule has 148 valence electrons. The Morgan fingerprint density at radius 3 is 2.57 bits per heavy atom. The van der Waals surface area contributed by atoms with E-state index in [2.05, 4.69) is 16.8 Å². The molecular formula is C19H18F3N3O2S. The van der Waals surface area contributed by atoms with Crippen molar-refractivity contribution >= 4 is 11.8 Å². The molecule has 0 spiro atoms. The first kappa shape index (κ1) is 20.1. The van der Waals surface area contributed by atoms with Crippen LogP contribution in [0.3, 0.4) is 0 Å². The summed E-state index contributed by atoms with van der Waals surface area (Å²) < 4.78 is 48.6. The Bertz CT molecular complexity index is 933. The van der Waals surface area contributed by atoms with Gasteiger partial charge in [-0.15, -0.1) is 16.8 Å². The van der Waals surface area contributed by atoms with E-state index in [1.807, 2.05) is 17.6 Å². The van der Waals surface area contributed by atoms with Gasteiger partial charge in [0, 0.05) is 12.3 Å². The molecule has 28 heavy (non-hydrogen) atoms. The molecule has 2 heterocycles. The van der Waals surface area contributed by atoms with Crippen LogP contribution >= 0.6 is 11.8 Å². The molecule has 0 aliphatic carbocycles. The van der Waals surface area contributed by atoms with E-state index in [1.54, 1.807) is 24.5 Å². The third kappa shape index (κ3) is 4.98. The minimum Gasteiger partial charge on any atom is -0.484 e. The molecule has 5 nitrogen and oxygen atoms in total. The molecule has 3 rings (SSSR count). The van der Waals surface area contributed by atoms with Crippen LogP contribution in [0, 0.1) is 6.92 Å². The molecule has 3 aromatic rings. The summed E-state index contributed by atoms with van der Waals surface area (Å²) in [5, 5.41) is 9.24. The van der Waals surface area contributed by atoms with Gasteiger partial charge in [0.15, 0.2) is 17.6 Å². The monoisotopic (exact) mass is 409 g/mol. The van der Waals surface area contributed by atoms with Crippen LogP contribution in [0.1, 0.15) is 11.3 Å². The van der Waals surface area contributed by atoms with Gasteiger partial charge in [0.2, 0.25) is 0 Å². The van der Waals surface area contributed by atoms with Crippen molar-refractivity contribution in [3.8, 4) is 17.1 Å². The molecule has 9 heteroatoms. The number of benzene rings is 1. The van der Waals surface area contributed by atoms with Crippen LogP contribution in [-0.4, -0.2) is 27.5 Å². The second-order valence-corrected chi connectivity index (χ2v) is 6.87. The highest BCUT2D eigenvalue weighted by Gasteiger charge is 2.28. The molecule has 0 fully saturated rings. The zero-order chi connectivity index (χ0) is 20.1. The number of aromatic nitrogens is 3. The van der Waals surface area contributed by atoms with Gasteiger partial charge in [0.1, 0.15) is 11.5 Å². The van der Waals surface area contributed by atoms with Crippen LogP contribution in [0.25, 0.3) is 11.4 Å². The van der Waals surface area contributed by atoms with Crippen molar-refractivity contribution in [3.63, 3.8) is 0 Å². The van der Waals surface area contributed by atoms with E-state index < -0.39 is 12.8 Å². The van der Waals surface area contributed by atoms with Crippen molar-refractivity contribution < 1.29 is 22.3 Å². The highest BCUT2D eigenvalue weighted by molar-refractivity contribution is 7.98. The van der Waals surface area contributed by atoms with Crippen LogP contribution in [-0.2, 0) is 12.3 Å². The lowest BCUT2D eigenvalue weighted by atomic mass is 10.2. The van der Waals surface area contributed by atoms with E-state index in [0.29, 0.717) is 23.3 Å². The zero-order valence-electron chi connectivity index (χ0n) is 15.1. The highest BCUT2D eigenvalue weighted by Crippen LogP contribution is 2.29. The van der Waals surface area contributed by atoms with Crippen molar-refractivity contribution in [2.24, 2.45) is 0 Å². The molecule has 0 saturated carbocycles. The lowest BCUT2D eigenvalue weighted by molar-refractivity contribution is -0.153. The second kappa shape index (κ2) is 8.55. The van der Waals surface area contributed by atoms with Crippen molar-refractivity contribution in [2.75, 3.05) is 6.61 Å². The molecular weight excluding hydrogens is 391 g/mol. The van der Waals surface area contributed by atoms with Crippen LogP contribution in [0.15, 0.2) is 58.8 Å². The van der Waals surface area contributed by atoms with Crippen molar-refractivity contribution in [2.45, 2.75) is 30.6 Å². The van der Waals surface area contributed by atoms with Gasteiger partial charge in [-0.1, -0.05) is 30.0 Å². The number of hydrogen-bond acceptors (Lipinski definition) is 5. The summed E-state index contributed by atoms with van der Waals surface area (Å²) in [6.45, 7) is 4.88. The molecule has 0 atom stereocenters. The number of rotatable bonds is 8. The summed E-state index contributed by atoms with van der Waals surface area (Å²) in [5.41, 5.74) is 1.80. The molecule has 0 aliphatic heterocycles. The Hall–Kier alpha value is -2.68. The smallest absolute Gasteiger partial charge is 0.422 e. The van der Waals surface area contributed by atoms with Crippen LogP contribution in [0.4, 0.5) is 13.2 Å². The number of aryl methyl sites for hydroxylation is 1. The molecule has 1 aromatic carbocycles. The van der Waals surface area contributed by atoms with Gasteiger partial charge in [0.05, 0.1) is 11.8 Å². The first-order valence-electron chi connectivity index (χ1n) is 8.37. The Morgan fingerprint density at radius 1 is 1.21 bits per heavy atom. The van der Waals surface area contributed by atoms with E-state index >= 15 is 0 Å². The van der Waals surface area contributed by atoms with E-state index in [9.17, 15) is 13.2 Å². The third-order valence-electron chi connectivity index (χ3n) is 3.82. The quantitative estimate of drug-likeness (QED) is 0.375. The fourth-order valence-corrected chi connectivity index (χ4v) is 3.40. The maximum atomic E-state index is 12.2. The van der Waals surface area contributed by atoms with Crippen LogP contribution in [0.5, 0.6) is 5.75 Å². The van der Waals surface area contributed by atoms with E-state index in [4.69, 9.17) is 9.15 Å². The molecule has 0 saturated heterocycles. The molecule has 0 radical (unpaired) electrons. The number of furan rings is 1. The largest absolute Gasteiger partial charge is 0.484 e. The Kier molecular flexibility index (Phi) is 6.13. The van der Waals surface area contributed by atoms with E-state index in [1.165, 1.54) is 23.9 Å². The summed E-state index contributed by atoms with van der Waals surface area (Å²) in [7, 11) is 0.